The number of amides is 1. The van der Waals surface area contributed by atoms with E-state index in [1.807, 2.05) is 0 Å². The Morgan fingerprint density at radius 3 is 2.55 bits per heavy atom. The Kier molecular flexibility index (Phi) is 6.40. The molecule has 22 heavy (non-hydrogen) atoms. The van der Waals surface area contributed by atoms with Gasteiger partial charge in [-0.3, -0.25) is 4.79 Å². The Hall–Kier alpha value is -1.11. The molecule has 0 radical (unpaired) electrons. The van der Waals surface area contributed by atoms with Crippen LogP contribution < -0.4 is 0 Å². The quantitative estimate of drug-likeness (QED) is 0.769. The fourth-order valence-corrected chi connectivity index (χ4v) is 3.24. The lowest BCUT2D eigenvalue weighted by molar-refractivity contribution is -0.126. The van der Waals surface area contributed by atoms with E-state index in [0.717, 1.165) is 0 Å². The van der Waals surface area contributed by atoms with E-state index in [9.17, 15) is 18.0 Å². The number of hydrogen-bond acceptors (Lipinski definition) is 5. The van der Waals surface area contributed by atoms with Gasteiger partial charge in [0, 0.05) is 31.2 Å². The standard InChI is InChI=1S/C15H27NO5S/c1-5-22(19,20)10-6-7-12-11-16(9-8-13(12)17)14(18)21-15(2,3)4/h12H,5-11H2,1-4H3. The predicted octanol–water partition coefficient (Wildman–Crippen LogP) is 2.03. The highest BCUT2D eigenvalue weighted by molar-refractivity contribution is 7.91. The second-order valence-electron chi connectivity index (χ2n) is 6.72. The molecule has 128 valence electrons. The summed E-state index contributed by atoms with van der Waals surface area (Å²) in [4.78, 5) is 25.5. The first kappa shape index (κ1) is 18.9. The van der Waals surface area contributed by atoms with E-state index in [1.165, 1.54) is 0 Å². The van der Waals surface area contributed by atoms with Gasteiger partial charge in [-0.2, -0.15) is 0 Å². The van der Waals surface area contributed by atoms with Crippen molar-refractivity contribution in [2.45, 2.75) is 52.6 Å². The molecule has 0 bridgehead atoms. The summed E-state index contributed by atoms with van der Waals surface area (Å²) < 4.78 is 28.3. The second kappa shape index (κ2) is 7.44. The van der Waals surface area contributed by atoms with Gasteiger partial charge in [-0.15, -0.1) is 0 Å². The Bertz CT molecular complexity index is 507. The van der Waals surface area contributed by atoms with Crippen LogP contribution in [0.4, 0.5) is 4.79 Å². The molecule has 1 aliphatic heterocycles. The first-order valence-corrected chi connectivity index (χ1v) is 9.57. The topological polar surface area (TPSA) is 80.8 Å². The minimum Gasteiger partial charge on any atom is -0.444 e. The monoisotopic (exact) mass is 333 g/mol. The number of ketones is 1. The minimum absolute atomic E-state index is 0.0969. The van der Waals surface area contributed by atoms with Crippen molar-refractivity contribution in [2.24, 2.45) is 5.92 Å². The first-order chi connectivity index (χ1) is 10.0. The molecule has 0 aromatic heterocycles. The zero-order valence-corrected chi connectivity index (χ0v) is 14.7. The number of carbonyl (C=O) groups is 2. The Balaban J connectivity index is 2.53. The second-order valence-corrected chi connectivity index (χ2v) is 9.19. The number of ether oxygens (including phenoxy) is 1. The maximum atomic E-state index is 12.0. The SMILES string of the molecule is CCS(=O)(=O)CCCC1CN(C(=O)OC(C)(C)C)CCC1=O. The van der Waals surface area contributed by atoms with Gasteiger partial charge in [0.15, 0.2) is 0 Å². The van der Waals surface area contributed by atoms with Crippen LogP contribution in [0, 0.1) is 5.92 Å². The van der Waals surface area contributed by atoms with Gasteiger partial charge in [0.2, 0.25) is 0 Å². The smallest absolute Gasteiger partial charge is 0.410 e. The van der Waals surface area contributed by atoms with Gasteiger partial charge in [0.25, 0.3) is 0 Å². The lowest BCUT2D eigenvalue weighted by atomic mass is 9.92. The van der Waals surface area contributed by atoms with E-state index in [2.05, 4.69) is 0 Å². The van der Waals surface area contributed by atoms with Crippen molar-refractivity contribution in [3.05, 3.63) is 0 Å². The molecule has 0 aromatic carbocycles. The van der Waals surface area contributed by atoms with Gasteiger partial charge in [-0.25, -0.2) is 13.2 Å². The summed E-state index contributed by atoms with van der Waals surface area (Å²) in [6, 6.07) is 0. The summed E-state index contributed by atoms with van der Waals surface area (Å²) in [5.41, 5.74) is -0.566. The zero-order chi connectivity index (χ0) is 17.0. The number of rotatable bonds is 5. The highest BCUT2D eigenvalue weighted by atomic mass is 32.2. The summed E-state index contributed by atoms with van der Waals surface area (Å²) in [5.74, 6) is 0.0389. The number of carbonyl (C=O) groups excluding carboxylic acids is 2. The van der Waals surface area contributed by atoms with Gasteiger partial charge >= 0.3 is 6.09 Å². The lowest BCUT2D eigenvalue weighted by Gasteiger charge is -2.33. The molecular weight excluding hydrogens is 306 g/mol. The summed E-state index contributed by atoms with van der Waals surface area (Å²) in [6.45, 7) is 7.70. The molecule has 1 saturated heterocycles. The molecule has 0 N–H and O–H groups in total. The highest BCUT2D eigenvalue weighted by Crippen LogP contribution is 2.20. The molecule has 0 aliphatic carbocycles. The summed E-state index contributed by atoms with van der Waals surface area (Å²) in [6.07, 6.45) is 0.850. The average Bonchev–Trinajstić information content (AvgIpc) is 2.38. The van der Waals surface area contributed by atoms with Gasteiger partial charge < -0.3 is 9.64 Å². The lowest BCUT2D eigenvalue weighted by Crippen LogP contribution is -2.46. The predicted molar refractivity (Wildman–Crippen MR) is 84.5 cm³/mol. The van der Waals surface area contributed by atoms with E-state index >= 15 is 0 Å². The number of piperidine rings is 1. The molecule has 1 unspecified atom stereocenters. The van der Waals surface area contributed by atoms with Crippen LogP contribution in [0.1, 0.15) is 47.0 Å². The molecule has 1 heterocycles. The van der Waals surface area contributed by atoms with Crippen molar-refractivity contribution >= 4 is 21.7 Å². The highest BCUT2D eigenvalue weighted by Gasteiger charge is 2.32. The van der Waals surface area contributed by atoms with Crippen LogP contribution in [-0.2, 0) is 19.4 Å². The van der Waals surface area contributed by atoms with Crippen molar-refractivity contribution in [1.82, 2.24) is 4.90 Å². The fraction of sp³-hybridized carbons (Fsp3) is 0.867. The maximum Gasteiger partial charge on any atom is 0.410 e. The number of Topliss-reactive ketones (excluding diaryl/α,β-unsaturated/α-hetero) is 1. The Morgan fingerprint density at radius 1 is 1.36 bits per heavy atom. The van der Waals surface area contributed by atoms with Gasteiger partial charge in [0.1, 0.15) is 21.2 Å². The van der Waals surface area contributed by atoms with Gasteiger partial charge in [0.05, 0.1) is 5.75 Å². The maximum absolute atomic E-state index is 12.0. The van der Waals surface area contributed by atoms with E-state index in [4.69, 9.17) is 4.74 Å². The minimum atomic E-state index is -3.01. The van der Waals surface area contributed by atoms with E-state index in [1.54, 1.807) is 32.6 Å². The van der Waals surface area contributed by atoms with Crippen molar-refractivity contribution in [1.29, 1.82) is 0 Å². The molecule has 0 spiro atoms. The molecule has 0 aromatic rings. The number of nitrogens with zero attached hydrogens (tertiary/aromatic N) is 1. The van der Waals surface area contributed by atoms with Crippen molar-refractivity contribution < 1.29 is 22.7 Å². The molecule has 6 nitrogen and oxygen atoms in total. The Labute approximate surface area is 133 Å². The van der Waals surface area contributed by atoms with E-state index < -0.39 is 21.5 Å². The third-order valence-corrected chi connectivity index (χ3v) is 5.41. The Morgan fingerprint density at radius 2 is 2.00 bits per heavy atom. The van der Waals surface area contributed by atoms with Gasteiger partial charge in [-0.1, -0.05) is 6.92 Å². The molecule has 1 amide bonds. The molecule has 1 aliphatic rings. The number of sulfone groups is 1. The van der Waals surface area contributed by atoms with Crippen LogP contribution in [0.2, 0.25) is 0 Å². The molecule has 1 atom stereocenters. The first-order valence-electron chi connectivity index (χ1n) is 7.75. The summed E-state index contributed by atoms with van der Waals surface area (Å²) in [5, 5.41) is 0. The van der Waals surface area contributed by atoms with E-state index in [0.29, 0.717) is 32.4 Å². The summed E-state index contributed by atoms with van der Waals surface area (Å²) >= 11 is 0. The van der Waals surface area contributed by atoms with Crippen molar-refractivity contribution in [2.75, 3.05) is 24.6 Å². The zero-order valence-electron chi connectivity index (χ0n) is 13.9. The van der Waals surface area contributed by atoms with E-state index in [-0.39, 0.29) is 23.2 Å². The van der Waals surface area contributed by atoms with Crippen LogP contribution in [0.3, 0.4) is 0 Å². The normalized spacial score (nSPS) is 20.1. The van der Waals surface area contributed by atoms with Crippen LogP contribution in [0.15, 0.2) is 0 Å². The van der Waals surface area contributed by atoms with Crippen LogP contribution >= 0.6 is 0 Å². The van der Waals surface area contributed by atoms with Crippen LogP contribution in [0.25, 0.3) is 0 Å². The molecule has 7 heteroatoms. The average molecular weight is 333 g/mol. The third kappa shape index (κ3) is 6.34. The summed E-state index contributed by atoms with van der Waals surface area (Å²) in [7, 11) is -3.01. The third-order valence-electron chi connectivity index (χ3n) is 3.62. The molecule has 0 saturated carbocycles. The molecular formula is C15H27NO5S. The van der Waals surface area contributed by atoms with Crippen molar-refractivity contribution in [3.8, 4) is 0 Å². The number of likely N-dealkylation sites (tertiary alicyclic amines) is 1. The van der Waals surface area contributed by atoms with Crippen molar-refractivity contribution in [3.63, 3.8) is 0 Å². The number of hydrogen-bond donors (Lipinski definition) is 0. The fourth-order valence-electron chi connectivity index (χ4n) is 2.35. The van der Waals surface area contributed by atoms with Crippen LogP contribution in [-0.4, -0.2) is 55.4 Å². The van der Waals surface area contributed by atoms with Gasteiger partial charge in [-0.05, 0) is 33.6 Å². The largest absolute Gasteiger partial charge is 0.444 e. The molecule has 1 fully saturated rings. The molecule has 1 rings (SSSR count). The van der Waals surface area contributed by atoms with Crippen LogP contribution in [0.5, 0.6) is 0 Å².